The monoisotopic (exact) mass is 386 g/mol. The zero-order valence-corrected chi connectivity index (χ0v) is 16.5. The van der Waals surface area contributed by atoms with Gasteiger partial charge in [0.1, 0.15) is 5.82 Å². The molecule has 3 aromatic rings. The van der Waals surface area contributed by atoms with Gasteiger partial charge in [-0.05, 0) is 36.2 Å². The second-order valence-corrected chi connectivity index (χ2v) is 7.21. The fourth-order valence-corrected chi connectivity index (χ4v) is 3.63. The van der Waals surface area contributed by atoms with E-state index in [2.05, 4.69) is 51.6 Å². The summed E-state index contributed by atoms with van der Waals surface area (Å²) in [7, 11) is 0. The number of aromatic nitrogens is 1. The predicted molar refractivity (Wildman–Crippen MR) is 117 cm³/mol. The Bertz CT molecular complexity index is 922. The summed E-state index contributed by atoms with van der Waals surface area (Å²) in [4.78, 5) is 21.6. The number of amides is 1. The van der Waals surface area contributed by atoms with E-state index in [1.54, 1.807) is 12.3 Å². The van der Waals surface area contributed by atoms with Gasteiger partial charge in [-0.1, -0.05) is 48.5 Å². The number of carbonyl (C=O) groups excluding carboxylic acids is 1. The van der Waals surface area contributed by atoms with Crippen LogP contribution in [0.3, 0.4) is 0 Å². The number of hydrogen-bond acceptors (Lipinski definition) is 4. The first-order valence-corrected chi connectivity index (χ1v) is 10.1. The van der Waals surface area contributed by atoms with Gasteiger partial charge in [0.2, 0.25) is 0 Å². The minimum absolute atomic E-state index is 0.0752. The maximum Gasteiger partial charge on any atom is 0.254 e. The van der Waals surface area contributed by atoms with E-state index in [9.17, 15) is 4.79 Å². The first-order valence-electron chi connectivity index (χ1n) is 10.1. The molecular formula is C24H26N4O. The standard InChI is InChI=1S/C24H26N4O/c29-24(28-17-15-27(16-18-28)22-9-5-2-6-10-22)21-12-14-26-23(19-21)25-13-11-20-7-3-1-4-8-20/h1-10,12,14,19H,11,13,15-18H2,(H,25,26). The zero-order valence-electron chi connectivity index (χ0n) is 16.5. The average Bonchev–Trinajstić information content (AvgIpc) is 2.80. The summed E-state index contributed by atoms with van der Waals surface area (Å²) in [6.45, 7) is 3.94. The van der Waals surface area contributed by atoms with Crippen LogP contribution in [0.15, 0.2) is 79.0 Å². The third-order valence-electron chi connectivity index (χ3n) is 5.26. The Balaban J connectivity index is 1.31. The molecule has 1 aromatic heterocycles. The van der Waals surface area contributed by atoms with Gasteiger partial charge in [0.15, 0.2) is 0 Å². The lowest BCUT2D eigenvalue weighted by Gasteiger charge is -2.36. The molecule has 1 aliphatic heterocycles. The van der Waals surface area contributed by atoms with E-state index in [1.807, 2.05) is 35.2 Å². The fourth-order valence-electron chi connectivity index (χ4n) is 3.63. The van der Waals surface area contributed by atoms with Gasteiger partial charge >= 0.3 is 0 Å². The summed E-state index contributed by atoms with van der Waals surface area (Å²) < 4.78 is 0. The van der Waals surface area contributed by atoms with Crippen LogP contribution in [0.5, 0.6) is 0 Å². The molecule has 0 spiro atoms. The first kappa shape index (κ1) is 19.0. The molecule has 0 bridgehead atoms. The van der Waals surface area contributed by atoms with Crippen LogP contribution in [0, 0.1) is 0 Å². The number of hydrogen-bond donors (Lipinski definition) is 1. The second kappa shape index (κ2) is 9.24. The zero-order chi connectivity index (χ0) is 19.9. The summed E-state index contributed by atoms with van der Waals surface area (Å²) in [5, 5.41) is 3.33. The third kappa shape index (κ3) is 4.93. The van der Waals surface area contributed by atoms with Crippen LogP contribution in [0.1, 0.15) is 15.9 Å². The molecule has 1 N–H and O–H groups in total. The molecular weight excluding hydrogens is 360 g/mol. The van der Waals surface area contributed by atoms with Crippen LogP contribution < -0.4 is 10.2 Å². The highest BCUT2D eigenvalue weighted by Crippen LogP contribution is 2.17. The number of nitrogens with zero attached hydrogens (tertiary/aromatic N) is 3. The molecule has 2 aromatic carbocycles. The van der Waals surface area contributed by atoms with Crippen molar-refractivity contribution < 1.29 is 4.79 Å². The molecule has 29 heavy (non-hydrogen) atoms. The summed E-state index contributed by atoms with van der Waals surface area (Å²) in [5.41, 5.74) is 3.19. The van der Waals surface area contributed by atoms with Gasteiger partial charge in [0, 0.05) is 50.2 Å². The van der Waals surface area contributed by atoms with Gasteiger partial charge in [0.05, 0.1) is 0 Å². The molecule has 1 aliphatic rings. The summed E-state index contributed by atoms with van der Waals surface area (Å²) in [6, 6.07) is 24.4. The Hall–Kier alpha value is -3.34. The molecule has 5 heteroatoms. The number of anilines is 2. The maximum atomic E-state index is 12.9. The second-order valence-electron chi connectivity index (χ2n) is 7.21. The Morgan fingerprint density at radius 1 is 0.897 bits per heavy atom. The summed E-state index contributed by atoms with van der Waals surface area (Å²) in [6.07, 6.45) is 2.63. The Morgan fingerprint density at radius 3 is 2.31 bits per heavy atom. The Morgan fingerprint density at radius 2 is 1.59 bits per heavy atom. The molecule has 0 atom stereocenters. The normalized spacial score (nSPS) is 13.9. The smallest absolute Gasteiger partial charge is 0.254 e. The van der Waals surface area contributed by atoms with E-state index in [0.717, 1.165) is 45.0 Å². The van der Waals surface area contributed by atoms with Crippen LogP contribution in [-0.2, 0) is 6.42 Å². The molecule has 0 saturated carbocycles. The number of rotatable bonds is 6. The molecule has 1 saturated heterocycles. The van der Waals surface area contributed by atoms with Crippen LogP contribution in [0.25, 0.3) is 0 Å². The van der Waals surface area contributed by atoms with Crippen molar-refractivity contribution in [3.8, 4) is 0 Å². The maximum absolute atomic E-state index is 12.9. The third-order valence-corrected chi connectivity index (χ3v) is 5.26. The number of carbonyl (C=O) groups is 1. The number of benzene rings is 2. The van der Waals surface area contributed by atoms with Crippen LogP contribution in [-0.4, -0.2) is 48.5 Å². The highest BCUT2D eigenvalue weighted by atomic mass is 16.2. The molecule has 2 heterocycles. The summed E-state index contributed by atoms with van der Waals surface area (Å²) in [5.74, 6) is 0.820. The van der Waals surface area contributed by atoms with Crippen molar-refractivity contribution in [1.29, 1.82) is 0 Å². The Kier molecular flexibility index (Phi) is 6.05. The van der Waals surface area contributed by atoms with Crippen molar-refractivity contribution in [2.24, 2.45) is 0 Å². The Labute approximate surface area is 172 Å². The molecule has 0 aliphatic carbocycles. The van der Waals surface area contributed by atoms with E-state index < -0.39 is 0 Å². The number of piperazine rings is 1. The van der Waals surface area contributed by atoms with Crippen LogP contribution in [0.4, 0.5) is 11.5 Å². The van der Waals surface area contributed by atoms with Gasteiger partial charge in [-0.3, -0.25) is 4.79 Å². The van der Waals surface area contributed by atoms with Crippen molar-refractivity contribution in [1.82, 2.24) is 9.88 Å². The van der Waals surface area contributed by atoms with Gasteiger partial charge in [-0.2, -0.15) is 0 Å². The van der Waals surface area contributed by atoms with Crippen molar-refractivity contribution in [3.63, 3.8) is 0 Å². The number of pyridine rings is 1. The minimum Gasteiger partial charge on any atom is -0.370 e. The van der Waals surface area contributed by atoms with Crippen LogP contribution >= 0.6 is 0 Å². The first-order chi connectivity index (χ1) is 14.3. The lowest BCUT2D eigenvalue weighted by molar-refractivity contribution is 0.0746. The lowest BCUT2D eigenvalue weighted by atomic mass is 10.1. The van der Waals surface area contributed by atoms with E-state index in [0.29, 0.717) is 5.56 Å². The quantitative estimate of drug-likeness (QED) is 0.702. The van der Waals surface area contributed by atoms with Crippen molar-refractivity contribution >= 4 is 17.4 Å². The highest BCUT2D eigenvalue weighted by molar-refractivity contribution is 5.95. The van der Waals surface area contributed by atoms with E-state index in [4.69, 9.17) is 0 Å². The molecule has 0 radical (unpaired) electrons. The molecule has 4 rings (SSSR count). The number of nitrogens with one attached hydrogen (secondary N) is 1. The average molecular weight is 386 g/mol. The van der Waals surface area contributed by atoms with Gasteiger partial charge in [0.25, 0.3) is 5.91 Å². The largest absolute Gasteiger partial charge is 0.370 e. The van der Waals surface area contributed by atoms with Crippen molar-refractivity contribution in [2.75, 3.05) is 42.9 Å². The summed E-state index contributed by atoms with van der Waals surface area (Å²) >= 11 is 0. The molecule has 5 nitrogen and oxygen atoms in total. The minimum atomic E-state index is 0.0752. The lowest BCUT2D eigenvalue weighted by Crippen LogP contribution is -2.48. The van der Waals surface area contributed by atoms with Gasteiger partial charge in [-0.15, -0.1) is 0 Å². The molecule has 1 fully saturated rings. The fraction of sp³-hybridized carbons (Fsp3) is 0.250. The predicted octanol–water partition coefficient (Wildman–Crippen LogP) is 3.70. The van der Waals surface area contributed by atoms with Crippen molar-refractivity contribution in [3.05, 3.63) is 90.1 Å². The van der Waals surface area contributed by atoms with E-state index in [-0.39, 0.29) is 5.91 Å². The SMILES string of the molecule is O=C(c1ccnc(NCCc2ccccc2)c1)N1CCN(c2ccccc2)CC1. The highest BCUT2D eigenvalue weighted by Gasteiger charge is 2.22. The number of para-hydroxylation sites is 1. The van der Waals surface area contributed by atoms with Gasteiger partial charge in [-0.25, -0.2) is 4.98 Å². The van der Waals surface area contributed by atoms with E-state index >= 15 is 0 Å². The molecule has 1 amide bonds. The molecule has 148 valence electrons. The van der Waals surface area contributed by atoms with Crippen molar-refractivity contribution in [2.45, 2.75) is 6.42 Å². The van der Waals surface area contributed by atoms with Gasteiger partial charge < -0.3 is 15.1 Å². The van der Waals surface area contributed by atoms with E-state index in [1.165, 1.54) is 11.3 Å². The topological polar surface area (TPSA) is 48.5 Å². The van der Waals surface area contributed by atoms with Crippen LogP contribution in [0.2, 0.25) is 0 Å². The molecule has 0 unspecified atom stereocenters.